The third kappa shape index (κ3) is 3.53. The molecule has 2 aliphatic heterocycles. The van der Waals surface area contributed by atoms with E-state index in [1.54, 1.807) is 24.3 Å². The van der Waals surface area contributed by atoms with Crippen LogP contribution < -0.4 is 15.0 Å². The average Bonchev–Trinajstić information content (AvgIpc) is 3.18. The first-order chi connectivity index (χ1) is 14.0. The van der Waals surface area contributed by atoms with E-state index in [1.807, 2.05) is 0 Å². The SMILES string of the molecule is COc1cccc(NC(=O)CN2C(=O)[C@H]3CCCN3C(=O)c3ccc(F)cc32)c1. The summed E-state index contributed by atoms with van der Waals surface area (Å²) in [6.07, 6.45) is 1.23. The van der Waals surface area contributed by atoms with Gasteiger partial charge in [0.2, 0.25) is 11.8 Å². The minimum Gasteiger partial charge on any atom is -0.497 e. The number of hydrogen-bond donors (Lipinski definition) is 1. The van der Waals surface area contributed by atoms with Gasteiger partial charge in [-0.25, -0.2) is 4.39 Å². The molecule has 0 unspecified atom stereocenters. The summed E-state index contributed by atoms with van der Waals surface area (Å²) in [5, 5.41) is 2.72. The van der Waals surface area contributed by atoms with Crippen LogP contribution in [0.15, 0.2) is 42.5 Å². The van der Waals surface area contributed by atoms with E-state index in [-0.39, 0.29) is 29.6 Å². The Hall–Kier alpha value is -3.42. The van der Waals surface area contributed by atoms with Gasteiger partial charge >= 0.3 is 0 Å². The topological polar surface area (TPSA) is 79.0 Å². The molecule has 1 fully saturated rings. The van der Waals surface area contributed by atoms with Gasteiger partial charge in [-0.1, -0.05) is 6.07 Å². The highest BCUT2D eigenvalue weighted by molar-refractivity contribution is 6.13. The Labute approximate surface area is 167 Å². The highest BCUT2D eigenvalue weighted by Crippen LogP contribution is 2.33. The number of ether oxygens (including phenoxy) is 1. The van der Waals surface area contributed by atoms with Crippen molar-refractivity contribution in [2.75, 3.05) is 30.4 Å². The van der Waals surface area contributed by atoms with Crippen LogP contribution in [0.25, 0.3) is 0 Å². The molecule has 3 amide bonds. The molecule has 1 N–H and O–H groups in total. The lowest BCUT2D eigenvalue weighted by molar-refractivity contribution is -0.124. The van der Waals surface area contributed by atoms with Gasteiger partial charge in [0, 0.05) is 18.3 Å². The number of nitrogens with one attached hydrogen (secondary N) is 1. The summed E-state index contributed by atoms with van der Waals surface area (Å²) in [7, 11) is 1.52. The molecule has 0 spiro atoms. The van der Waals surface area contributed by atoms with Crippen molar-refractivity contribution in [3.63, 3.8) is 0 Å². The van der Waals surface area contributed by atoms with Crippen molar-refractivity contribution in [1.29, 1.82) is 0 Å². The molecular formula is C21H20FN3O4. The van der Waals surface area contributed by atoms with Crippen LogP contribution in [0.1, 0.15) is 23.2 Å². The van der Waals surface area contributed by atoms with Gasteiger partial charge in [0.15, 0.2) is 0 Å². The molecule has 0 aromatic heterocycles. The minimum absolute atomic E-state index is 0.121. The Morgan fingerprint density at radius 2 is 2.07 bits per heavy atom. The molecule has 2 heterocycles. The first kappa shape index (κ1) is 18.9. The first-order valence-electron chi connectivity index (χ1n) is 9.34. The number of benzene rings is 2. The Bertz CT molecular complexity index is 994. The third-order valence-electron chi connectivity index (χ3n) is 5.20. The summed E-state index contributed by atoms with van der Waals surface area (Å²) in [6, 6.07) is 9.87. The number of fused-ring (bicyclic) bond motifs is 2. The van der Waals surface area contributed by atoms with Crippen LogP contribution in [0.3, 0.4) is 0 Å². The fourth-order valence-electron chi connectivity index (χ4n) is 3.84. The number of hydrogen-bond acceptors (Lipinski definition) is 4. The number of rotatable bonds is 4. The highest BCUT2D eigenvalue weighted by atomic mass is 19.1. The average molecular weight is 397 g/mol. The molecule has 0 bridgehead atoms. The van der Waals surface area contributed by atoms with Gasteiger partial charge in [0.05, 0.1) is 18.4 Å². The van der Waals surface area contributed by atoms with Crippen LogP contribution in [0.5, 0.6) is 5.75 Å². The van der Waals surface area contributed by atoms with Gasteiger partial charge in [0.25, 0.3) is 5.91 Å². The van der Waals surface area contributed by atoms with Crippen LogP contribution >= 0.6 is 0 Å². The smallest absolute Gasteiger partial charge is 0.256 e. The van der Waals surface area contributed by atoms with E-state index < -0.39 is 17.8 Å². The summed E-state index contributed by atoms with van der Waals surface area (Å²) in [5.74, 6) is -1.15. The van der Waals surface area contributed by atoms with Gasteiger partial charge in [-0.3, -0.25) is 14.4 Å². The van der Waals surface area contributed by atoms with Gasteiger partial charge in [-0.15, -0.1) is 0 Å². The Balaban J connectivity index is 1.64. The van der Waals surface area contributed by atoms with E-state index in [0.29, 0.717) is 30.8 Å². The molecule has 7 nitrogen and oxygen atoms in total. The van der Waals surface area contributed by atoms with Crippen LogP contribution in [-0.4, -0.2) is 48.9 Å². The molecule has 4 rings (SSSR count). The Kier molecular flexibility index (Phi) is 4.92. The molecule has 0 radical (unpaired) electrons. The van der Waals surface area contributed by atoms with Crippen LogP contribution in [0, 0.1) is 5.82 Å². The predicted molar refractivity (Wildman–Crippen MR) is 104 cm³/mol. The van der Waals surface area contributed by atoms with E-state index >= 15 is 0 Å². The zero-order valence-electron chi connectivity index (χ0n) is 15.9. The maximum Gasteiger partial charge on any atom is 0.256 e. The van der Waals surface area contributed by atoms with Crippen molar-refractivity contribution in [3.8, 4) is 5.75 Å². The molecule has 2 aromatic rings. The number of halogens is 1. The van der Waals surface area contributed by atoms with Crippen LogP contribution in [0.2, 0.25) is 0 Å². The maximum atomic E-state index is 13.9. The van der Waals surface area contributed by atoms with Crippen molar-refractivity contribution in [3.05, 3.63) is 53.8 Å². The largest absolute Gasteiger partial charge is 0.497 e. The monoisotopic (exact) mass is 397 g/mol. The lowest BCUT2D eigenvalue weighted by Crippen LogP contribution is -2.47. The second-order valence-corrected chi connectivity index (χ2v) is 7.02. The molecule has 150 valence electrons. The third-order valence-corrected chi connectivity index (χ3v) is 5.20. The number of carbonyl (C=O) groups is 3. The summed E-state index contributed by atoms with van der Waals surface area (Å²) >= 11 is 0. The van der Waals surface area contributed by atoms with E-state index in [9.17, 15) is 18.8 Å². The van der Waals surface area contributed by atoms with Crippen LogP contribution in [0.4, 0.5) is 15.8 Å². The molecule has 0 saturated carbocycles. The second-order valence-electron chi connectivity index (χ2n) is 7.02. The molecule has 1 saturated heterocycles. The minimum atomic E-state index is -0.636. The molecular weight excluding hydrogens is 377 g/mol. The molecule has 0 aliphatic carbocycles. The van der Waals surface area contributed by atoms with Gasteiger partial charge in [0.1, 0.15) is 24.2 Å². The molecule has 29 heavy (non-hydrogen) atoms. The summed E-state index contributed by atoms with van der Waals surface area (Å²) in [5.41, 5.74) is 0.850. The Morgan fingerprint density at radius 3 is 2.86 bits per heavy atom. The van der Waals surface area contributed by atoms with E-state index in [4.69, 9.17) is 4.74 Å². The normalized spacial score (nSPS) is 18.2. The molecule has 8 heteroatoms. The second kappa shape index (κ2) is 7.54. The van der Waals surface area contributed by atoms with E-state index in [0.717, 1.165) is 6.07 Å². The number of amides is 3. The predicted octanol–water partition coefficient (Wildman–Crippen LogP) is 2.42. The standard InChI is InChI=1S/C21H20FN3O4/c1-29-15-5-2-4-14(11-15)23-19(26)12-25-18-10-13(22)7-8-16(18)20(27)24-9-3-6-17(24)21(25)28/h2,4-5,7-8,10-11,17H,3,6,9,12H2,1H3,(H,23,26)/t17-/m1/s1. The molecule has 2 aromatic carbocycles. The number of methoxy groups -OCH3 is 1. The van der Waals surface area contributed by atoms with Crippen molar-refractivity contribution >= 4 is 29.1 Å². The van der Waals surface area contributed by atoms with Gasteiger partial charge < -0.3 is 19.9 Å². The fourth-order valence-corrected chi connectivity index (χ4v) is 3.84. The number of carbonyl (C=O) groups excluding carboxylic acids is 3. The number of nitrogens with zero attached hydrogens (tertiary/aromatic N) is 2. The number of anilines is 2. The van der Waals surface area contributed by atoms with Crippen molar-refractivity contribution < 1.29 is 23.5 Å². The van der Waals surface area contributed by atoms with Crippen molar-refractivity contribution in [1.82, 2.24) is 4.90 Å². The van der Waals surface area contributed by atoms with Gasteiger partial charge in [-0.2, -0.15) is 0 Å². The Morgan fingerprint density at radius 1 is 1.24 bits per heavy atom. The lowest BCUT2D eigenvalue weighted by atomic mass is 10.1. The summed E-state index contributed by atoms with van der Waals surface area (Å²) < 4.78 is 19.1. The fraction of sp³-hybridized carbons (Fsp3) is 0.286. The summed E-state index contributed by atoms with van der Waals surface area (Å²) in [6.45, 7) is 0.139. The molecule has 1 atom stereocenters. The van der Waals surface area contributed by atoms with E-state index in [2.05, 4.69) is 5.32 Å². The summed E-state index contributed by atoms with van der Waals surface area (Å²) in [4.78, 5) is 41.4. The zero-order chi connectivity index (χ0) is 20.5. The molecule has 2 aliphatic rings. The van der Waals surface area contributed by atoms with Crippen LogP contribution in [-0.2, 0) is 9.59 Å². The maximum absolute atomic E-state index is 13.9. The van der Waals surface area contributed by atoms with Crippen molar-refractivity contribution in [2.24, 2.45) is 0 Å². The highest BCUT2D eigenvalue weighted by Gasteiger charge is 2.42. The van der Waals surface area contributed by atoms with Crippen molar-refractivity contribution in [2.45, 2.75) is 18.9 Å². The quantitative estimate of drug-likeness (QED) is 0.860. The lowest BCUT2D eigenvalue weighted by Gasteiger charge is -2.25. The van der Waals surface area contributed by atoms with Gasteiger partial charge in [-0.05, 0) is 43.2 Å². The van der Waals surface area contributed by atoms with E-state index in [1.165, 1.54) is 29.0 Å². The zero-order valence-corrected chi connectivity index (χ0v) is 15.9. The first-order valence-corrected chi connectivity index (χ1v) is 9.34.